The molecule has 0 aromatic carbocycles. The number of hydrogen-bond donors (Lipinski definition) is 2. The highest BCUT2D eigenvalue weighted by Gasteiger charge is 2.03. The van der Waals surface area contributed by atoms with Crippen molar-refractivity contribution in [1.82, 2.24) is 14.5 Å². The summed E-state index contributed by atoms with van der Waals surface area (Å²) in [5.74, 6) is 0.144. The van der Waals surface area contributed by atoms with E-state index in [0.29, 0.717) is 6.54 Å². The number of nitrogens with zero attached hydrogens (tertiary/aromatic N) is 2. The molecule has 16 heavy (non-hydrogen) atoms. The van der Waals surface area contributed by atoms with Crippen LogP contribution in [-0.2, 0) is 6.54 Å². The van der Waals surface area contributed by atoms with Gasteiger partial charge >= 0.3 is 5.69 Å². The fraction of sp³-hybridized carbons (Fsp3) is 0.100. The normalized spacial score (nSPS) is 10.2. The van der Waals surface area contributed by atoms with Crippen LogP contribution in [0.15, 0.2) is 40.2 Å². The van der Waals surface area contributed by atoms with Crippen molar-refractivity contribution in [2.75, 3.05) is 5.73 Å². The summed E-state index contributed by atoms with van der Waals surface area (Å²) in [6, 6.07) is 4.73. The van der Waals surface area contributed by atoms with Crippen LogP contribution in [0.5, 0.6) is 0 Å². The summed E-state index contributed by atoms with van der Waals surface area (Å²) >= 11 is 0. The molecule has 0 aliphatic rings. The van der Waals surface area contributed by atoms with Gasteiger partial charge in [0.1, 0.15) is 5.82 Å². The molecule has 0 aliphatic heterocycles. The fourth-order valence-electron chi connectivity index (χ4n) is 1.37. The molecule has 0 atom stereocenters. The Balaban J connectivity index is 2.43. The van der Waals surface area contributed by atoms with Gasteiger partial charge in [0.05, 0.1) is 6.54 Å². The predicted molar refractivity (Wildman–Crippen MR) is 59.1 cm³/mol. The van der Waals surface area contributed by atoms with Crippen molar-refractivity contribution in [1.29, 1.82) is 0 Å². The molecule has 0 aliphatic carbocycles. The molecule has 0 amide bonds. The van der Waals surface area contributed by atoms with Crippen molar-refractivity contribution in [2.24, 2.45) is 0 Å². The van der Waals surface area contributed by atoms with E-state index in [-0.39, 0.29) is 5.82 Å². The monoisotopic (exact) mass is 218 g/mol. The lowest BCUT2D eigenvalue weighted by molar-refractivity contribution is 0.732. The first kappa shape index (κ1) is 10.2. The molecule has 0 radical (unpaired) electrons. The third-order valence-electron chi connectivity index (χ3n) is 2.16. The molecule has 2 aromatic rings. The highest BCUT2D eigenvalue weighted by atomic mass is 16.2. The van der Waals surface area contributed by atoms with E-state index in [1.54, 1.807) is 24.5 Å². The maximum atomic E-state index is 11.5. The summed E-state index contributed by atoms with van der Waals surface area (Å²) in [6.45, 7) is 0.309. The van der Waals surface area contributed by atoms with Gasteiger partial charge in [0.15, 0.2) is 0 Å². The van der Waals surface area contributed by atoms with E-state index in [2.05, 4.69) is 9.97 Å². The molecule has 2 rings (SSSR count). The lowest BCUT2D eigenvalue weighted by Gasteiger charge is -2.07. The zero-order valence-corrected chi connectivity index (χ0v) is 8.38. The van der Waals surface area contributed by atoms with Gasteiger partial charge in [-0.3, -0.25) is 19.3 Å². The molecule has 0 spiro atoms. The first-order chi connectivity index (χ1) is 7.66. The standard InChI is InChI=1S/C10H10N4O2/c11-8-5-9(15)13-10(16)14(8)6-7-1-3-12-4-2-7/h1-5H,6,11H2,(H,13,15,16). The second-order valence-corrected chi connectivity index (χ2v) is 3.31. The maximum absolute atomic E-state index is 11.5. The van der Waals surface area contributed by atoms with Crippen molar-refractivity contribution in [2.45, 2.75) is 6.54 Å². The van der Waals surface area contributed by atoms with Crippen molar-refractivity contribution in [3.63, 3.8) is 0 Å². The van der Waals surface area contributed by atoms with Crippen molar-refractivity contribution < 1.29 is 0 Å². The topological polar surface area (TPSA) is 93.8 Å². The smallest absolute Gasteiger partial charge is 0.330 e. The molecule has 0 saturated heterocycles. The molecular formula is C10H10N4O2. The Hall–Kier alpha value is -2.37. The molecule has 0 saturated carbocycles. The summed E-state index contributed by atoms with van der Waals surface area (Å²) in [6.07, 6.45) is 3.25. The van der Waals surface area contributed by atoms with E-state index < -0.39 is 11.2 Å². The van der Waals surface area contributed by atoms with E-state index in [0.717, 1.165) is 5.56 Å². The molecular weight excluding hydrogens is 208 g/mol. The quantitative estimate of drug-likeness (QED) is 0.714. The molecule has 3 N–H and O–H groups in total. The second-order valence-electron chi connectivity index (χ2n) is 3.31. The minimum Gasteiger partial charge on any atom is -0.385 e. The first-order valence-electron chi connectivity index (χ1n) is 4.65. The van der Waals surface area contributed by atoms with Gasteiger partial charge < -0.3 is 5.73 Å². The van der Waals surface area contributed by atoms with Crippen LogP contribution in [0.2, 0.25) is 0 Å². The number of aromatic amines is 1. The van der Waals surface area contributed by atoms with Gasteiger partial charge in [-0.2, -0.15) is 0 Å². The van der Waals surface area contributed by atoms with Crippen molar-refractivity contribution in [3.05, 3.63) is 57.0 Å². The summed E-state index contributed by atoms with van der Waals surface area (Å²) in [5, 5.41) is 0. The maximum Gasteiger partial charge on any atom is 0.330 e. The van der Waals surface area contributed by atoms with Gasteiger partial charge in [-0.1, -0.05) is 0 Å². The van der Waals surface area contributed by atoms with Crippen LogP contribution in [-0.4, -0.2) is 14.5 Å². The summed E-state index contributed by atoms with van der Waals surface area (Å²) in [4.78, 5) is 28.5. The molecule has 0 fully saturated rings. The number of nitrogen functional groups attached to an aromatic ring is 1. The van der Waals surface area contributed by atoms with Crippen molar-refractivity contribution >= 4 is 5.82 Å². The van der Waals surface area contributed by atoms with E-state index in [1.165, 1.54) is 10.6 Å². The van der Waals surface area contributed by atoms with E-state index in [1.807, 2.05) is 0 Å². The van der Waals surface area contributed by atoms with Crippen LogP contribution >= 0.6 is 0 Å². The number of H-pyrrole nitrogens is 1. The zero-order chi connectivity index (χ0) is 11.5. The highest BCUT2D eigenvalue weighted by Crippen LogP contribution is 2.01. The van der Waals surface area contributed by atoms with Crippen LogP contribution in [0.3, 0.4) is 0 Å². The SMILES string of the molecule is Nc1cc(=O)[nH]c(=O)n1Cc1ccncc1. The van der Waals surface area contributed by atoms with Gasteiger partial charge in [0, 0.05) is 18.5 Å². The molecule has 0 unspecified atom stereocenters. The van der Waals surface area contributed by atoms with E-state index in [9.17, 15) is 9.59 Å². The first-order valence-corrected chi connectivity index (χ1v) is 4.65. The average molecular weight is 218 g/mol. The minimum absolute atomic E-state index is 0.144. The summed E-state index contributed by atoms with van der Waals surface area (Å²) < 4.78 is 1.29. The molecule has 2 aromatic heterocycles. The van der Waals surface area contributed by atoms with Crippen LogP contribution < -0.4 is 17.0 Å². The van der Waals surface area contributed by atoms with Crippen LogP contribution in [0.25, 0.3) is 0 Å². The molecule has 82 valence electrons. The Morgan fingerprint density at radius 2 is 2.00 bits per heavy atom. The van der Waals surface area contributed by atoms with E-state index >= 15 is 0 Å². The second kappa shape index (κ2) is 4.01. The van der Waals surface area contributed by atoms with Gasteiger partial charge in [-0.05, 0) is 17.7 Å². The Kier molecular flexibility index (Phi) is 2.55. The molecule has 0 bridgehead atoms. The number of anilines is 1. The van der Waals surface area contributed by atoms with Crippen LogP contribution in [0.4, 0.5) is 5.82 Å². The van der Waals surface area contributed by atoms with Crippen LogP contribution in [0.1, 0.15) is 5.56 Å². The molecule has 2 heterocycles. The number of aromatic nitrogens is 3. The van der Waals surface area contributed by atoms with Crippen molar-refractivity contribution in [3.8, 4) is 0 Å². The Labute approximate surface area is 90.4 Å². The molecule has 6 heteroatoms. The third-order valence-corrected chi connectivity index (χ3v) is 2.16. The van der Waals surface area contributed by atoms with Crippen LogP contribution in [0, 0.1) is 0 Å². The lowest BCUT2D eigenvalue weighted by atomic mass is 10.2. The number of hydrogen-bond acceptors (Lipinski definition) is 4. The zero-order valence-electron chi connectivity index (χ0n) is 8.38. The van der Waals surface area contributed by atoms with Gasteiger partial charge in [0.2, 0.25) is 0 Å². The lowest BCUT2D eigenvalue weighted by Crippen LogP contribution is -2.31. The van der Waals surface area contributed by atoms with Gasteiger partial charge in [-0.15, -0.1) is 0 Å². The average Bonchev–Trinajstić information content (AvgIpc) is 2.25. The molecule has 6 nitrogen and oxygen atoms in total. The minimum atomic E-state index is -0.512. The highest BCUT2D eigenvalue weighted by molar-refractivity contribution is 5.27. The number of nitrogens with two attached hydrogens (primary N) is 1. The Morgan fingerprint density at radius 1 is 1.31 bits per heavy atom. The summed E-state index contributed by atoms with van der Waals surface area (Å²) in [5.41, 5.74) is 5.48. The number of rotatable bonds is 2. The summed E-state index contributed by atoms with van der Waals surface area (Å²) in [7, 11) is 0. The predicted octanol–water partition coefficient (Wildman–Crippen LogP) is -0.438. The fourth-order valence-corrected chi connectivity index (χ4v) is 1.37. The Bertz CT molecular complexity index is 600. The number of pyridine rings is 1. The number of nitrogens with one attached hydrogen (secondary N) is 1. The van der Waals surface area contributed by atoms with Gasteiger partial charge in [0.25, 0.3) is 5.56 Å². The largest absolute Gasteiger partial charge is 0.385 e. The van der Waals surface area contributed by atoms with Gasteiger partial charge in [-0.25, -0.2) is 4.79 Å². The third kappa shape index (κ3) is 2.00. The van der Waals surface area contributed by atoms with E-state index in [4.69, 9.17) is 5.73 Å². The Morgan fingerprint density at radius 3 is 2.62 bits per heavy atom.